The molecule has 0 aromatic carbocycles. The summed E-state index contributed by atoms with van der Waals surface area (Å²) in [7, 11) is 0. The molecule has 116 valence electrons. The molecule has 4 nitrogen and oxygen atoms in total. The van der Waals surface area contributed by atoms with Crippen molar-refractivity contribution in [2.75, 3.05) is 6.61 Å². The highest BCUT2D eigenvalue weighted by Crippen LogP contribution is 2.27. The normalized spacial score (nSPS) is 13.6. The molecule has 0 bridgehead atoms. The number of hydrogen-bond donors (Lipinski definition) is 0. The standard InChI is InChI=1S/C17H25NO3/c1-6-16(19)15(8-11(3)17(20)21-7-2)14-9-12(4)18-13(5)10-14/h9-11,15H,6-8H2,1-5H3. The Morgan fingerprint density at radius 2 is 1.76 bits per heavy atom. The molecular weight excluding hydrogens is 266 g/mol. The van der Waals surface area contributed by atoms with Crippen LogP contribution in [-0.4, -0.2) is 23.3 Å². The highest BCUT2D eigenvalue weighted by molar-refractivity contribution is 5.86. The number of ether oxygens (including phenoxy) is 1. The molecule has 0 aliphatic carbocycles. The van der Waals surface area contributed by atoms with Gasteiger partial charge in [-0.05, 0) is 44.9 Å². The van der Waals surface area contributed by atoms with Gasteiger partial charge in [-0.15, -0.1) is 0 Å². The maximum absolute atomic E-state index is 12.3. The Balaban J connectivity index is 3.01. The lowest BCUT2D eigenvalue weighted by Gasteiger charge is -2.20. The van der Waals surface area contributed by atoms with E-state index in [0.717, 1.165) is 17.0 Å². The van der Waals surface area contributed by atoms with E-state index in [2.05, 4.69) is 4.98 Å². The molecule has 2 atom stereocenters. The molecule has 0 aliphatic heterocycles. The summed E-state index contributed by atoms with van der Waals surface area (Å²) in [6.07, 6.45) is 0.940. The second-order valence-electron chi connectivity index (χ2n) is 5.44. The Kier molecular flexibility index (Phi) is 6.53. The van der Waals surface area contributed by atoms with Gasteiger partial charge < -0.3 is 4.74 Å². The summed E-state index contributed by atoms with van der Waals surface area (Å²) >= 11 is 0. The van der Waals surface area contributed by atoms with Crippen molar-refractivity contribution in [2.24, 2.45) is 5.92 Å². The fourth-order valence-electron chi connectivity index (χ4n) is 2.50. The molecule has 1 rings (SSSR count). The second kappa shape index (κ2) is 7.91. The minimum atomic E-state index is -0.292. The SMILES string of the molecule is CCOC(=O)C(C)CC(C(=O)CC)c1cc(C)nc(C)c1. The van der Waals surface area contributed by atoms with Crippen molar-refractivity contribution in [2.45, 2.75) is 53.4 Å². The number of nitrogens with zero attached hydrogens (tertiary/aromatic N) is 1. The number of Topliss-reactive ketones (excluding diaryl/α,β-unsaturated/α-hetero) is 1. The smallest absolute Gasteiger partial charge is 0.308 e. The number of aromatic nitrogens is 1. The lowest BCUT2D eigenvalue weighted by atomic mass is 9.85. The third-order valence-electron chi connectivity index (χ3n) is 3.52. The molecule has 21 heavy (non-hydrogen) atoms. The first-order valence-electron chi connectivity index (χ1n) is 7.53. The maximum Gasteiger partial charge on any atom is 0.308 e. The van der Waals surface area contributed by atoms with Gasteiger partial charge in [0, 0.05) is 23.7 Å². The van der Waals surface area contributed by atoms with Crippen molar-refractivity contribution in [3.05, 3.63) is 29.1 Å². The quantitative estimate of drug-likeness (QED) is 0.723. The maximum atomic E-state index is 12.3. The number of aryl methyl sites for hydroxylation is 2. The lowest BCUT2D eigenvalue weighted by Crippen LogP contribution is -2.21. The van der Waals surface area contributed by atoms with Crippen LogP contribution in [0.4, 0.5) is 0 Å². The Morgan fingerprint density at radius 1 is 1.19 bits per heavy atom. The predicted molar refractivity (Wildman–Crippen MR) is 82.2 cm³/mol. The number of pyridine rings is 1. The zero-order chi connectivity index (χ0) is 16.0. The topological polar surface area (TPSA) is 56.3 Å². The van der Waals surface area contributed by atoms with Crippen LogP contribution in [0, 0.1) is 19.8 Å². The summed E-state index contributed by atoms with van der Waals surface area (Å²) in [6, 6.07) is 3.87. The summed E-state index contributed by atoms with van der Waals surface area (Å²) in [5.74, 6) is -0.654. The Hall–Kier alpha value is -1.71. The van der Waals surface area contributed by atoms with E-state index in [-0.39, 0.29) is 23.6 Å². The van der Waals surface area contributed by atoms with Crippen LogP contribution in [0.15, 0.2) is 12.1 Å². The van der Waals surface area contributed by atoms with E-state index in [1.165, 1.54) is 0 Å². The molecular formula is C17H25NO3. The number of carbonyl (C=O) groups excluding carboxylic acids is 2. The van der Waals surface area contributed by atoms with E-state index in [4.69, 9.17) is 4.74 Å². The van der Waals surface area contributed by atoms with Gasteiger partial charge in [0.15, 0.2) is 0 Å². The molecule has 0 radical (unpaired) electrons. The van der Waals surface area contributed by atoms with Crippen LogP contribution < -0.4 is 0 Å². The van der Waals surface area contributed by atoms with E-state index in [0.29, 0.717) is 19.4 Å². The third-order valence-corrected chi connectivity index (χ3v) is 3.52. The van der Waals surface area contributed by atoms with Gasteiger partial charge >= 0.3 is 5.97 Å². The van der Waals surface area contributed by atoms with Crippen molar-refractivity contribution < 1.29 is 14.3 Å². The van der Waals surface area contributed by atoms with Crippen LogP contribution in [0.5, 0.6) is 0 Å². The van der Waals surface area contributed by atoms with E-state index >= 15 is 0 Å². The van der Waals surface area contributed by atoms with E-state index < -0.39 is 0 Å². The average Bonchev–Trinajstić information content (AvgIpc) is 2.42. The van der Waals surface area contributed by atoms with E-state index in [1.54, 1.807) is 6.92 Å². The Labute approximate surface area is 126 Å². The predicted octanol–water partition coefficient (Wildman–Crippen LogP) is 3.35. The Morgan fingerprint density at radius 3 is 2.24 bits per heavy atom. The number of ketones is 1. The number of carbonyl (C=O) groups is 2. The molecule has 0 saturated carbocycles. The molecule has 0 spiro atoms. The van der Waals surface area contributed by atoms with Gasteiger partial charge in [-0.1, -0.05) is 13.8 Å². The highest BCUT2D eigenvalue weighted by Gasteiger charge is 2.26. The third kappa shape index (κ3) is 4.96. The zero-order valence-electron chi connectivity index (χ0n) is 13.6. The van der Waals surface area contributed by atoms with Gasteiger partial charge in [0.25, 0.3) is 0 Å². The molecule has 1 aromatic rings. The van der Waals surface area contributed by atoms with Crippen LogP contribution in [0.2, 0.25) is 0 Å². The van der Waals surface area contributed by atoms with E-state index in [9.17, 15) is 9.59 Å². The van der Waals surface area contributed by atoms with Crippen molar-refractivity contribution in [1.29, 1.82) is 0 Å². The van der Waals surface area contributed by atoms with Gasteiger partial charge in [0.1, 0.15) is 5.78 Å². The first-order valence-corrected chi connectivity index (χ1v) is 7.53. The first kappa shape index (κ1) is 17.3. The molecule has 0 saturated heterocycles. The number of esters is 1. The van der Waals surface area contributed by atoms with Crippen molar-refractivity contribution in [3.8, 4) is 0 Å². The fraction of sp³-hybridized carbons (Fsp3) is 0.588. The summed E-state index contributed by atoms with van der Waals surface area (Å²) in [5.41, 5.74) is 2.73. The van der Waals surface area contributed by atoms with E-state index in [1.807, 2.05) is 39.8 Å². The summed E-state index contributed by atoms with van der Waals surface area (Å²) in [6.45, 7) is 9.65. The van der Waals surface area contributed by atoms with Crippen LogP contribution >= 0.6 is 0 Å². The van der Waals surface area contributed by atoms with Crippen LogP contribution in [0.3, 0.4) is 0 Å². The molecule has 4 heteroatoms. The van der Waals surface area contributed by atoms with Crippen molar-refractivity contribution in [1.82, 2.24) is 4.98 Å². The first-order chi connectivity index (χ1) is 9.88. The van der Waals surface area contributed by atoms with Crippen LogP contribution in [-0.2, 0) is 14.3 Å². The van der Waals surface area contributed by atoms with Gasteiger partial charge in [-0.25, -0.2) is 0 Å². The minimum Gasteiger partial charge on any atom is -0.466 e. The summed E-state index contributed by atoms with van der Waals surface area (Å²) in [4.78, 5) is 28.4. The summed E-state index contributed by atoms with van der Waals surface area (Å²) < 4.78 is 5.04. The van der Waals surface area contributed by atoms with Gasteiger partial charge in [-0.3, -0.25) is 14.6 Å². The van der Waals surface area contributed by atoms with Gasteiger partial charge in [-0.2, -0.15) is 0 Å². The molecule has 1 heterocycles. The summed E-state index contributed by atoms with van der Waals surface area (Å²) in [5, 5.41) is 0. The molecule has 1 aromatic heterocycles. The number of hydrogen-bond acceptors (Lipinski definition) is 4. The van der Waals surface area contributed by atoms with Crippen molar-refractivity contribution >= 4 is 11.8 Å². The Bertz CT molecular complexity index is 491. The van der Waals surface area contributed by atoms with Gasteiger partial charge in [0.2, 0.25) is 0 Å². The molecule has 2 unspecified atom stereocenters. The fourth-order valence-corrected chi connectivity index (χ4v) is 2.50. The number of rotatable bonds is 7. The molecule has 0 fully saturated rings. The van der Waals surface area contributed by atoms with Crippen LogP contribution in [0.25, 0.3) is 0 Å². The second-order valence-corrected chi connectivity index (χ2v) is 5.44. The van der Waals surface area contributed by atoms with Crippen LogP contribution in [0.1, 0.15) is 56.5 Å². The zero-order valence-corrected chi connectivity index (χ0v) is 13.6. The monoisotopic (exact) mass is 291 g/mol. The largest absolute Gasteiger partial charge is 0.466 e. The minimum absolute atomic E-state index is 0.149. The molecule has 0 aliphatic rings. The average molecular weight is 291 g/mol. The van der Waals surface area contributed by atoms with Crippen molar-refractivity contribution in [3.63, 3.8) is 0 Å². The van der Waals surface area contributed by atoms with Gasteiger partial charge in [0.05, 0.1) is 12.5 Å². The highest BCUT2D eigenvalue weighted by atomic mass is 16.5. The lowest BCUT2D eigenvalue weighted by molar-refractivity contribution is -0.147. The molecule has 0 N–H and O–H groups in total. The molecule has 0 amide bonds.